The van der Waals surface area contributed by atoms with E-state index in [0.717, 1.165) is 24.2 Å². The number of nitrogens with two attached hydrogens (primary N) is 1. The van der Waals surface area contributed by atoms with Gasteiger partial charge in [-0.05, 0) is 48.7 Å². The highest BCUT2D eigenvalue weighted by molar-refractivity contribution is 5.88. The van der Waals surface area contributed by atoms with Crippen molar-refractivity contribution >= 4 is 5.91 Å². The summed E-state index contributed by atoms with van der Waals surface area (Å²) in [5, 5.41) is 2.84. The molecule has 0 aliphatic heterocycles. The van der Waals surface area contributed by atoms with Crippen molar-refractivity contribution in [3.8, 4) is 17.4 Å². The molecule has 1 aromatic carbocycles. The molecule has 0 spiro atoms. The Labute approximate surface area is 134 Å². The highest BCUT2D eigenvalue weighted by Gasteiger charge is 2.45. The molecule has 0 bridgehead atoms. The fourth-order valence-corrected chi connectivity index (χ4v) is 2.10. The SMILES string of the molecule is COc1ccc(Oc2cc(CNC(=O)C3(N)CC3)ccn2)cc1. The van der Waals surface area contributed by atoms with E-state index in [2.05, 4.69) is 10.3 Å². The molecule has 1 heterocycles. The molecule has 0 saturated heterocycles. The zero-order valence-corrected chi connectivity index (χ0v) is 12.9. The van der Waals surface area contributed by atoms with Gasteiger partial charge in [-0.3, -0.25) is 4.79 Å². The van der Waals surface area contributed by atoms with Gasteiger partial charge in [0.15, 0.2) is 0 Å². The highest BCUT2D eigenvalue weighted by Crippen LogP contribution is 2.32. The predicted molar refractivity (Wildman–Crippen MR) is 85.3 cm³/mol. The number of methoxy groups -OCH3 is 1. The van der Waals surface area contributed by atoms with E-state index < -0.39 is 5.54 Å². The van der Waals surface area contributed by atoms with Crippen LogP contribution in [0.25, 0.3) is 0 Å². The van der Waals surface area contributed by atoms with Crippen LogP contribution in [-0.4, -0.2) is 23.5 Å². The molecule has 1 amide bonds. The molecular formula is C17H19N3O3. The van der Waals surface area contributed by atoms with Crippen LogP contribution in [0.1, 0.15) is 18.4 Å². The van der Waals surface area contributed by atoms with Gasteiger partial charge >= 0.3 is 0 Å². The molecule has 0 atom stereocenters. The second-order valence-corrected chi connectivity index (χ2v) is 5.62. The molecule has 1 aliphatic carbocycles. The van der Waals surface area contributed by atoms with Crippen molar-refractivity contribution in [1.82, 2.24) is 10.3 Å². The first-order valence-corrected chi connectivity index (χ1v) is 7.43. The van der Waals surface area contributed by atoms with Crippen LogP contribution in [0, 0.1) is 0 Å². The van der Waals surface area contributed by atoms with E-state index in [4.69, 9.17) is 15.2 Å². The number of rotatable bonds is 6. The van der Waals surface area contributed by atoms with Crippen molar-refractivity contribution in [1.29, 1.82) is 0 Å². The third kappa shape index (κ3) is 3.78. The van der Waals surface area contributed by atoms with E-state index in [-0.39, 0.29) is 5.91 Å². The lowest BCUT2D eigenvalue weighted by Crippen LogP contribution is -2.42. The number of carbonyl (C=O) groups is 1. The van der Waals surface area contributed by atoms with Gasteiger partial charge in [0.25, 0.3) is 0 Å². The van der Waals surface area contributed by atoms with Crippen LogP contribution in [0.4, 0.5) is 0 Å². The molecule has 1 fully saturated rings. The number of ether oxygens (including phenoxy) is 2. The number of amides is 1. The minimum Gasteiger partial charge on any atom is -0.497 e. The Balaban J connectivity index is 1.61. The van der Waals surface area contributed by atoms with Crippen molar-refractivity contribution in [3.63, 3.8) is 0 Å². The van der Waals surface area contributed by atoms with Crippen LogP contribution >= 0.6 is 0 Å². The normalized spacial score (nSPS) is 14.9. The molecule has 120 valence electrons. The molecule has 6 nitrogen and oxygen atoms in total. The van der Waals surface area contributed by atoms with E-state index in [1.807, 2.05) is 18.2 Å². The Morgan fingerprint density at radius 2 is 1.96 bits per heavy atom. The molecule has 6 heteroatoms. The maximum atomic E-state index is 11.8. The van der Waals surface area contributed by atoms with Gasteiger partial charge < -0.3 is 20.5 Å². The molecule has 23 heavy (non-hydrogen) atoms. The smallest absolute Gasteiger partial charge is 0.240 e. The zero-order valence-electron chi connectivity index (χ0n) is 12.9. The Kier molecular flexibility index (Phi) is 4.16. The van der Waals surface area contributed by atoms with Crippen LogP contribution in [0.15, 0.2) is 42.6 Å². The summed E-state index contributed by atoms with van der Waals surface area (Å²) in [7, 11) is 1.61. The number of pyridine rings is 1. The minimum atomic E-state index is -0.657. The number of hydrogen-bond acceptors (Lipinski definition) is 5. The summed E-state index contributed by atoms with van der Waals surface area (Å²) in [5.74, 6) is 1.79. The van der Waals surface area contributed by atoms with Crippen LogP contribution in [-0.2, 0) is 11.3 Å². The molecule has 1 aromatic heterocycles. The topological polar surface area (TPSA) is 86.5 Å². The number of carbonyl (C=O) groups excluding carboxylic acids is 1. The zero-order chi connectivity index (χ0) is 16.3. The summed E-state index contributed by atoms with van der Waals surface area (Å²) in [6, 6.07) is 10.9. The van der Waals surface area contributed by atoms with Gasteiger partial charge in [0.05, 0.1) is 12.6 Å². The molecule has 1 saturated carbocycles. The van der Waals surface area contributed by atoms with Gasteiger partial charge in [-0.25, -0.2) is 4.98 Å². The Morgan fingerprint density at radius 1 is 1.26 bits per heavy atom. The first-order chi connectivity index (χ1) is 11.1. The lowest BCUT2D eigenvalue weighted by Gasteiger charge is -2.11. The summed E-state index contributed by atoms with van der Waals surface area (Å²) in [5.41, 5.74) is 6.10. The van der Waals surface area contributed by atoms with Crippen molar-refractivity contribution in [2.75, 3.05) is 7.11 Å². The molecule has 2 aromatic rings. The fraction of sp³-hybridized carbons (Fsp3) is 0.294. The fourth-order valence-electron chi connectivity index (χ4n) is 2.10. The lowest BCUT2D eigenvalue weighted by atomic mass is 10.2. The summed E-state index contributed by atoms with van der Waals surface area (Å²) >= 11 is 0. The molecule has 3 N–H and O–H groups in total. The molecule has 0 radical (unpaired) electrons. The van der Waals surface area contributed by atoms with E-state index in [1.54, 1.807) is 31.5 Å². The summed E-state index contributed by atoms with van der Waals surface area (Å²) in [6.07, 6.45) is 3.15. The summed E-state index contributed by atoms with van der Waals surface area (Å²) in [4.78, 5) is 16.0. The monoisotopic (exact) mass is 313 g/mol. The third-order valence-electron chi connectivity index (χ3n) is 3.78. The first-order valence-electron chi connectivity index (χ1n) is 7.43. The third-order valence-corrected chi connectivity index (χ3v) is 3.78. The quantitative estimate of drug-likeness (QED) is 0.851. The predicted octanol–water partition coefficient (Wildman–Crippen LogP) is 1.99. The second kappa shape index (κ2) is 6.26. The summed E-state index contributed by atoms with van der Waals surface area (Å²) < 4.78 is 10.8. The van der Waals surface area contributed by atoms with Gasteiger partial charge in [-0.1, -0.05) is 0 Å². The van der Waals surface area contributed by atoms with Crippen LogP contribution in [0.3, 0.4) is 0 Å². The van der Waals surface area contributed by atoms with E-state index in [1.165, 1.54) is 0 Å². The van der Waals surface area contributed by atoms with E-state index >= 15 is 0 Å². The van der Waals surface area contributed by atoms with Gasteiger partial charge in [0.2, 0.25) is 11.8 Å². The number of nitrogens with zero attached hydrogens (tertiary/aromatic N) is 1. The van der Waals surface area contributed by atoms with Crippen LogP contribution in [0.5, 0.6) is 17.4 Å². The maximum absolute atomic E-state index is 11.8. The maximum Gasteiger partial charge on any atom is 0.240 e. The number of hydrogen-bond donors (Lipinski definition) is 2. The Morgan fingerprint density at radius 3 is 2.61 bits per heavy atom. The second-order valence-electron chi connectivity index (χ2n) is 5.62. The van der Waals surface area contributed by atoms with Crippen molar-refractivity contribution < 1.29 is 14.3 Å². The average Bonchev–Trinajstić information content (AvgIpc) is 3.33. The van der Waals surface area contributed by atoms with Crippen molar-refractivity contribution in [3.05, 3.63) is 48.2 Å². The standard InChI is InChI=1S/C17H19N3O3/c1-22-13-2-4-14(5-3-13)23-15-10-12(6-9-19-15)11-20-16(21)17(18)7-8-17/h2-6,9-10H,7-8,11,18H2,1H3,(H,20,21). The van der Waals surface area contributed by atoms with Gasteiger partial charge in [0.1, 0.15) is 11.5 Å². The van der Waals surface area contributed by atoms with Gasteiger partial charge in [0, 0.05) is 18.8 Å². The molecular weight excluding hydrogens is 294 g/mol. The van der Waals surface area contributed by atoms with E-state index in [0.29, 0.717) is 18.2 Å². The first kappa shape index (κ1) is 15.3. The van der Waals surface area contributed by atoms with Gasteiger partial charge in [-0.15, -0.1) is 0 Å². The highest BCUT2D eigenvalue weighted by atomic mass is 16.5. The summed E-state index contributed by atoms with van der Waals surface area (Å²) in [6.45, 7) is 0.402. The number of benzene rings is 1. The minimum absolute atomic E-state index is 0.105. The Hall–Kier alpha value is -2.60. The number of nitrogens with one attached hydrogen (secondary N) is 1. The van der Waals surface area contributed by atoms with E-state index in [9.17, 15) is 4.79 Å². The van der Waals surface area contributed by atoms with Crippen molar-refractivity contribution in [2.24, 2.45) is 5.73 Å². The van der Waals surface area contributed by atoms with Crippen molar-refractivity contribution in [2.45, 2.75) is 24.9 Å². The van der Waals surface area contributed by atoms with Gasteiger partial charge in [-0.2, -0.15) is 0 Å². The molecule has 0 unspecified atom stereocenters. The molecule has 3 rings (SSSR count). The molecule has 1 aliphatic rings. The Bertz CT molecular complexity index is 696. The van der Waals surface area contributed by atoms with Crippen LogP contribution in [0.2, 0.25) is 0 Å². The lowest BCUT2D eigenvalue weighted by molar-refractivity contribution is -0.123. The largest absolute Gasteiger partial charge is 0.497 e. The number of aromatic nitrogens is 1. The average molecular weight is 313 g/mol. The van der Waals surface area contributed by atoms with Crippen LogP contribution < -0.4 is 20.5 Å².